The fourth-order valence-corrected chi connectivity index (χ4v) is 2.77. The van der Waals surface area contributed by atoms with Crippen LogP contribution >= 0.6 is 0 Å². The fraction of sp³-hybridized carbons (Fsp3) is 0.312. The van der Waals surface area contributed by atoms with Gasteiger partial charge < -0.3 is 25.5 Å². The second kappa shape index (κ2) is 6.12. The average Bonchev–Trinajstić information content (AvgIpc) is 2.59. The van der Waals surface area contributed by atoms with E-state index in [9.17, 15) is 0 Å². The van der Waals surface area contributed by atoms with Crippen LogP contribution in [0.1, 0.15) is 6.42 Å². The molecule has 1 aliphatic heterocycles. The zero-order chi connectivity index (χ0) is 16.4. The lowest BCUT2D eigenvalue weighted by molar-refractivity contribution is 0.356. The number of methoxy groups -OCH3 is 2. The number of nitrogens with one attached hydrogen (secondary N) is 1. The molecule has 0 unspecified atom stereocenters. The minimum Gasteiger partial charge on any atom is -0.493 e. The summed E-state index contributed by atoms with van der Waals surface area (Å²) in [5, 5.41) is 8.28. The van der Waals surface area contributed by atoms with Crippen LogP contribution < -0.4 is 20.1 Å². The fourth-order valence-electron chi connectivity index (χ4n) is 2.77. The van der Waals surface area contributed by atoms with Crippen molar-refractivity contribution in [3.05, 3.63) is 29.7 Å². The van der Waals surface area contributed by atoms with E-state index in [0.717, 1.165) is 35.3 Å². The van der Waals surface area contributed by atoms with Gasteiger partial charge in [-0.2, -0.15) is 0 Å². The summed E-state index contributed by atoms with van der Waals surface area (Å²) in [5.41, 5.74) is 8.44. The molecule has 0 fully saturated rings. The van der Waals surface area contributed by atoms with Gasteiger partial charge in [-0.25, -0.2) is 9.97 Å². The van der Waals surface area contributed by atoms with Crippen molar-refractivity contribution in [2.45, 2.75) is 6.42 Å². The van der Waals surface area contributed by atoms with Crippen molar-refractivity contribution >= 4 is 22.9 Å². The molecule has 3 N–H and O–H groups in total. The molecule has 0 atom stereocenters. The first-order chi connectivity index (χ1) is 11.2. The summed E-state index contributed by atoms with van der Waals surface area (Å²) in [6, 6.07) is 3.72. The number of hydrogen-bond acceptors (Lipinski definition) is 7. The van der Waals surface area contributed by atoms with E-state index in [4.69, 9.17) is 20.6 Å². The second-order valence-corrected chi connectivity index (χ2v) is 5.29. The molecule has 1 aromatic heterocycles. The second-order valence-electron chi connectivity index (χ2n) is 5.29. The summed E-state index contributed by atoms with van der Waals surface area (Å²) in [6.07, 6.45) is 3.60. The zero-order valence-electron chi connectivity index (χ0n) is 13.2. The topological polar surface area (TPSA) is 97.4 Å². The van der Waals surface area contributed by atoms with Crippen molar-refractivity contribution in [3.8, 4) is 11.5 Å². The molecule has 0 aliphatic carbocycles. The van der Waals surface area contributed by atoms with Gasteiger partial charge in [-0.15, -0.1) is 0 Å². The molecule has 0 spiro atoms. The monoisotopic (exact) mass is 313 g/mol. The standard InChI is InChI=1S/C16H19N5O2/c1-22-14-5-11-13(6-15(14)23-2)19-9-20-16(11)21-4-3-10(7-17)12(18)8-21/h5-7,9,17H,3-4,8,18H2,1-2H3. The Hall–Kier alpha value is -2.83. The number of ether oxygens (including phenoxy) is 2. The molecule has 0 radical (unpaired) electrons. The van der Waals surface area contributed by atoms with Crippen LogP contribution in [0.25, 0.3) is 10.9 Å². The first-order valence-corrected chi connectivity index (χ1v) is 7.27. The number of aromatic nitrogens is 2. The largest absolute Gasteiger partial charge is 0.493 e. The van der Waals surface area contributed by atoms with E-state index >= 15 is 0 Å². The first kappa shape index (κ1) is 15.1. The van der Waals surface area contributed by atoms with Crippen LogP contribution in [0.15, 0.2) is 29.7 Å². The van der Waals surface area contributed by atoms with Crippen molar-refractivity contribution in [2.24, 2.45) is 5.73 Å². The van der Waals surface area contributed by atoms with Gasteiger partial charge in [0.15, 0.2) is 11.5 Å². The Bertz CT molecular complexity index is 787. The predicted molar refractivity (Wildman–Crippen MR) is 89.5 cm³/mol. The van der Waals surface area contributed by atoms with Crippen LogP contribution in [0, 0.1) is 5.41 Å². The Balaban J connectivity index is 2.08. The number of anilines is 1. The lowest BCUT2D eigenvalue weighted by atomic mass is 10.1. The molecule has 1 aromatic carbocycles. The van der Waals surface area contributed by atoms with Gasteiger partial charge in [-0.1, -0.05) is 0 Å². The van der Waals surface area contributed by atoms with Gasteiger partial charge in [0.05, 0.1) is 26.3 Å². The van der Waals surface area contributed by atoms with Crippen molar-refractivity contribution in [1.29, 1.82) is 5.41 Å². The van der Waals surface area contributed by atoms with E-state index in [1.54, 1.807) is 14.2 Å². The van der Waals surface area contributed by atoms with E-state index in [-0.39, 0.29) is 0 Å². The molecule has 0 bridgehead atoms. The molecule has 0 saturated carbocycles. The lowest BCUT2D eigenvalue weighted by Gasteiger charge is -2.29. The summed E-state index contributed by atoms with van der Waals surface area (Å²) < 4.78 is 10.7. The Morgan fingerprint density at radius 1 is 1.22 bits per heavy atom. The zero-order valence-corrected chi connectivity index (χ0v) is 13.2. The molecule has 7 nitrogen and oxygen atoms in total. The molecule has 0 saturated heterocycles. The number of fused-ring (bicyclic) bond motifs is 1. The normalized spacial score (nSPS) is 15.0. The third-order valence-corrected chi connectivity index (χ3v) is 4.02. The predicted octanol–water partition coefficient (Wildman–Crippen LogP) is 1.72. The molecule has 1 aliphatic rings. The van der Waals surface area contributed by atoms with Crippen LogP contribution in [0.5, 0.6) is 11.5 Å². The summed E-state index contributed by atoms with van der Waals surface area (Å²) in [6.45, 7) is 1.30. The number of hydrogen-bond donors (Lipinski definition) is 2. The van der Waals surface area contributed by atoms with E-state index in [1.165, 1.54) is 12.5 Å². The molecule has 23 heavy (non-hydrogen) atoms. The van der Waals surface area contributed by atoms with Gasteiger partial charge >= 0.3 is 0 Å². The average molecular weight is 313 g/mol. The summed E-state index contributed by atoms with van der Waals surface area (Å²) in [7, 11) is 3.20. The molecular weight excluding hydrogens is 294 g/mol. The molecule has 3 rings (SSSR count). The minimum absolute atomic E-state index is 0.547. The molecule has 0 amide bonds. The summed E-state index contributed by atoms with van der Waals surface area (Å²) >= 11 is 0. The van der Waals surface area contributed by atoms with E-state index < -0.39 is 0 Å². The van der Waals surface area contributed by atoms with Crippen LogP contribution in [0.3, 0.4) is 0 Å². The molecular formula is C16H19N5O2. The Labute approximate surface area is 134 Å². The Kier molecular flexibility index (Phi) is 4.01. The van der Waals surface area contributed by atoms with Crippen molar-refractivity contribution in [1.82, 2.24) is 9.97 Å². The SMILES string of the molecule is COc1cc2ncnc(N3CCC(C=N)=C(N)C3)c2cc1OC. The maximum absolute atomic E-state index is 7.39. The minimum atomic E-state index is 0.547. The van der Waals surface area contributed by atoms with Crippen LogP contribution in [-0.2, 0) is 0 Å². The van der Waals surface area contributed by atoms with Crippen LogP contribution in [-0.4, -0.2) is 43.5 Å². The van der Waals surface area contributed by atoms with Gasteiger partial charge in [0.2, 0.25) is 0 Å². The highest BCUT2D eigenvalue weighted by Crippen LogP contribution is 2.35. The first-order valence-electron chi connectivity index (χ1n) is 7.27. The third-order valence-electron chi connectivity index (χ3n) is 4.02. The van der Waals surface area contributed by atoms with Crippen molar-refractivity contribution in [2.75, 3.05) is 32.2 Å². The van der Waals surface area contributed by atoms with Gasteiger partial charge in [-0.05, 0) is 18.1 Å². The highest BCUT2D eigenvalue weighted by Gasteiger charge is 2.20. The maximum Gasteiger partial charge on any atom is 0.162 e. The van der Waals surface area contributed by atoms with E-state index in [1.807, 2.05) is 12.1 Å². The summed E-state index contributed by atoms with van der Waals surface area (Å²) in [5.74, 6) is 2.08. The smallest absolute Gasteiger partial charge is 0.162 e. The van der Waals surface area contributed by atoms with Crippen LogP contribution in [0.2, 0.25) is 0 Å². The van der Waals surface area contributed by atoms with E-state index in [2.05, 4.69) is 14.9 Å². The van der Waals surface area contributed by atoms with Crippen molar-refractivity contribution < 1.29 is 9.47 Å². The third kappa shape index (κ3) is 2.65. The number of rotatable bonds is 4. The highest BCUT2D eigenvalue weighted by atomic mass is 16.5. The van der Waals surface area contributed by atoms with Gasteiger partial charge in [0, 0.05) is 29.9 Å². The van der Waals surface area contributed by atoms with Gasteiger partial charge in [0.25, 0.3) is 0 Å². The van der Waals surface area contributed by atoms with Crippen LogP contribution in [0.4, 0.5) is 5.82 Å². The van der Waals surface area contributed by atoms with E-state index in [0.29, 0.717) is 23.7 Å². The number of nitrogens with two attached hydrogens (primary N) is 1. The van der Waals surface area contributed by atoms with Gasteiger partial charge in [-0.3, -0.25) is 0 Å². The summed E-state index contributed by atoms with van der Waals surface area (Å²) in [4.78, 5) is 10.8. The van der Waals surface area contributed by atoms with Crippen molar-refractivity contribution in [3.63, 3.8) is 0 Å². The van der Waals surface area contributed by atoms with Gasteiger partial charge in [0.1, 0.15) is 12.1 Å². The molecule has 2 heterocycles. The Morgan fingerprint density at radius 3 is 2.61 bits per heavy atom. The quantitative estimate of drug-likeness (QED) is 0.834. The number of nitrogens with zero attached hydrogens (tertiary/aromatic N) is 3. The molecule has 2 aromatic rings. The Morgan fingerprint density at radius 2 is 1.96 bits per heavy atom. The molecule has 7 heteroatoms. The number of benzene rings is 1. The highest BCUT2D eigenvalue weighted by molar-refractivity contribution is 5.92. The molecule has 120 valence electrons. The lowest BCUT2D eigenvalue weighted by Crippen LogP contribution is -2.35. The maximum atomic E-state index is 7.39.